The second-order valence-electron chi connectivity index (χ2n) is 12.8. The van der Waals surface area contributed by atoms with Gasteiger partial charge in [0.15, 0.2) is 0 Å². The number of aryl methyl sites for hydroxylation is 1. The molecule has 2 atom stereocenters. The summed E-state index contributed by atoms with van der Waals surface area (Å²) in [5.41, 5.74) is 2.74. The lowest BCUT2D eigenvalue weighted by atomic mass is 9.98. The molecule has 0 fully saturated rings. The van der Waals surface area contributed by atoms with Gasteiger partial charge in [0.2, 0.25) is 11.8 Å². The van der Waals surface area contributed by atoms with E-state index in [9.17, 15) is 32.7 Å². The molecule has 0 spiro atoms. The summed E-state index contributed by atoms with van der Waals surface area (Å²) < 4.78 is 40.9. The number of nitrogens with one attached hydrogen (secondary N) is 4. The van der Waals surface area contributed by atoms with Gasteiger partial charge in [-0.2, -0.15) is 13.2 Å². The maximum atomic E-state index is 14.0. The first kappa shape index (κ1) is 36.4. The Hall–Kier alpha value is -4.42. The first-order valence-electron chi connectivity index (χ1n) is 16.1. The summed E-state index contributed by atoms with van der Waals surface area (Å²) >= 11 is 0. The van der Waals surface area contributed by atoms with E-state index in [1.165, 1.54) is 11.0 Å². The van der Waals surface area contributed by atoms with Crippen LogP contribution in [0, 0.1) is 0 Å². The summed E-state index contributed by atoms with van der Waals surface area (Å²) in [7, 11) is 0. The molecule has 1 heterocycles. The molecule has 1 aliphatic heterocycles. The Kier molecular flexibility index (Phi) is 11.9. The van der Waals surface area contributed by atoms with Gasteiger partial charge in [-0.25, -0.2) is 4.79 Å². The van der Waals surface area contributed by atoms with Crippen LogP contribution in [0.3, 0.4) is 0 Å². The van der Waals surface area contributed by atoms with Gasteiger partial charge in [0, 0.05) is 37.3 Å². The van der Waals surface area contributed by atoms with Crippen molar-refractivity contribution in [1.29, 1.82) is 0 Å². The van der Waals surface area contributed by atoms with Gasteiger partial charge in [0.05, 0.1) is 18.2 Å². The van der Waals surface area contributed by atoms with Gasteiger partial charge in [0.25, 0.3) is 0 Å². The number of hydrogen-bond donors (Lipinski definition) is 5. The lowest BCUT2D eigenvalue weighted by molar-refractivity contribution is -0.137. The summed E-state index contributed by atoms with van der Waals surface area (Å²) in [6.45, 7) is 8.28. The topological polar surface area (TPSA) is 123 Å². The van der Waals surface area contributed by atoms with E-state index in [0.717, 1.165) is 34.4 Å². The maximum absolute atomic E-state index is 14.0. The molecule has 0 saturated heterocycles. The first-order valence-corrected chi connectivity index (χ1v) is 16.1. The SMILES string of the molecule is CCNC(=O)NCc1ccccc1-c1ccc(CN2C(=O)[C@H](NC(=O)CC(C)(C)NC[C@@H](C)O)CCc3cc(C(F)(F)F)ccc32)cc1. The molecule has 258 valence electrons. The van der Waals surface area contributed by atoms with Crippen LogP contribution in [0.5, 0.6) is 0 Å². The van der Waals surface area contributed by atoms with E-state index >= 15 is 0 Å². The number of alkyl halides is 3. The summed E-state index contributed by atoms with van der Waals surface area (Å²) in [5, 5.41) is 21.1. The van der Waals surface area contributed by atoms with E-state index < -0.39 is 35.3 Å². The van der Waals surface area contributed by atoms with E-state index in [4.69, 9.17) is 0 Å². The van der Waals surface area contributed by atoms with Gasteiger partial charge in [-0.3, -0.25) is 9.59 Å². The van der Waals surface area contributed by atoms with Crippen LogP contribution in [0.4, 0.5) is 23.7 Å². The van der Waals surface area contributed by atoms with Crippen LogP contribution in [0.15, 0.2) is 66.7 Å². The molecule has 0 aromatic heterocycles. The van der Waals surface area contributed by atoms with Crippen LogP contribution in [0.2, 0.25) is 0 Å². The minimum atomic E-state index is -4.55. The number of rotatable bonds is 12. The Labute approximate surface area is 279 Å². The minimum absolute atomic E-state index is 0.0242. The van der Waals surface area contributed by atoms with E-state index in [-0.39, 0.29) is 44.3 Å². The van der Waals surface area contributed by atoms with E-state index in [2.05, 4.69) is 21.3 Å². The maximum Gasteiger partial charge on any atom is 0.416 e. The Morgan fingerprint density at radius 3 is 2.40 bits per heavy atom. The second-order valence-corrected chi connectivity index (χ2v) is 12.8. The molecule has 12 heteroatoms. The van der Waals surface area contributed by atoms with Crippen LogP contribution < -0.4 is 26.2 Å². The predicted octanol–water partition coefficient (Wildman–Crippen LogP) is 5.29. The zero-order valence-electron chi connectivity index (χ0n) is 27.7. The van der Waals surface area contributed by atoms with Gasteiger partial charge < -0.3 is 31.3 Å². The third kappa shape index (κ3) is 9.80. The standard InChI is InChI=1S/C36H44F3N5O4/c1-5-40-34(48)41-21-27-8-6-7-9-29(27)25-12-10-24(11-13-25)22-44-31-17-15-28(36(37,38)39)18-26(31)14-16-30(33(44)47)43-32(46)19-35(3,4)42-20-23(2)45/h6-13,15,17-18,23,30,42,45H,5,14,16,19-22H2,1-4H3,(H,43,46)(H2,40,41,48)/t23-,30-/m1/s1. The van der Waals surface area contributed by atoms with Crippen molar-refractivity contribution < 1.29 is 32.7 Å². The monoisotopic (exact) mass is 667 g/mol. The van der Waals surface area contributed by atoms with Gasteiger partial charge in [-0.15, -0.1) is 0 Å². The quantitative estimate of drug-likeness (QED) is 0.180. The van der Waals surface area contributed by atoms with Crippen molar-refractivity contribution in [1.82, 2.24) is 21.3 Å². The number of hydrogen-bond acceptors (Lipinski definition) is 5. The third-order valence-electron chi connectivity index (χ3n) is 8.18. The molecule has 3 aromatic carbocycles. The molecule has 0 bridgehead atoms. The number of anilines is 1. The van der Waals surface area contributed by atoms with E-state index in [0.29, 0.717) is 24.3 Å². The number of fused-ring (bicyclic) bond motifs is 1. The lowest BCUT2D eigenvalue weighted by Crippen LogP contribution is -2.51. The van der Waals surface area contributed by atoms with Crippen LogP contribution in [-0.4, -0.2) is 53.7 Å². The van der Waals surface area contributed by atoms with Crippen LogP contribution in [-0.2, 0) is 35.3 Å². The molecule has 0 radical (unpaired) electrons. The van der Waals surface area contributed by atoms with Gasteiger partial charge in [-0.1, -0.05) is 48.5 Å². The number of β-amino-alcohol motifs (C(OH)–C–C–N with tert-alkyl or cyclic N) is 1. The Morgan fingerprint density at radius 1 is 1.02 bits per heavy atom. The normalized spacial score (nSPS) is 15.7. The number of benzene rings is 3. The highest BCUT2D eigenvalue weighted by atomic mass is 19.4. The molecule has 3 aromatic rings. The molecule has 5 N–H and O–H groups in total. The number of carbonyl (C=O) groups is 3. The van der Waals surface area contributed by atoms with Crippen molar-refractivity contribution in [2.75, 3.05) is 18.0 Å². The Balaban J connectivity index is 1.58. The predicted molar refractivity (Wildman–Crippen MR) is 179 cm³/mol. The Morgan fingerprint density at radius 2 is 1.73 bits per heavy atom. The van der Waals surface area contributed by atoms with E-state index in [1.54, 1.807) is 6.92 Å². The number of nitrogens with zero attached hydrogens (tertiary/aromatic N) is 1. The average Bonchev–Trinajstić information content (AvgIpc) is 3.15. The number of urea groups is 1. The molecule has 4 amide bonds. The highest BCUT2D eigenvalue weighted by Crippen LogP contribution is 2.36. The van der Waals surface area contributed by atoms with E-state index in [1.807, 2.05) is 69.3 Å². The van der Waals surface area contributed by atoms with Crippen LogP contribution in [0.1, 0.15) is 62.8 Å². The zero-order valence-corrected chi connectivity index (χ0v) is 27.7. The molecule has 4 rings (SSSR count). The zero-order chi connectivity index (χ0) is 35.1. The van der Waals surface area contributed by atoms with Gasteiger partial charge in [-0.05, 0) is 86.6 Å². The molecule has 0 aliphatic carbocycles. The molecular formula is C36H44F3N5O4. The molecule has 0 saturated carbocycles. The number of aliphatic hydroxyl groups is 1. The summed E-state index contributed by atoms with van der Waals surface area (Å²) in [6.07, 6.45) is -4.83. The average molecular weight is 668 g/mol. The number of carbonyl (C=O) groups excluding carboxylic acids is 3. The molecule has 9 nitrogen and oxygen atoms in total. The number of aliphatic hydroxyl groups excluding tert-OH is 1. The fourth-order valence-electron chi connectivity index (χ4n) is 5.71. The second kappa shape index (κ2) is 15.7. The highest BCUT2D eigenvalue weighted by Gasteiger charge is 2.36. The van der Waals surface area contributed by atoms with Crippen LogP contribution >= 0.6 is 0 Å². The highest BCUT2D eigenvalue weighted by molar-refractivity contribution is 6.00. The molecule has 0 unspecified atom stereocenters. The van der Waals surface area contributed by atoms with Crippen molar-refractivity contribution >= 4 is 23.5 Å². The third-order valence-corrected chi connectivity index (χ3v) is 8.18. The fraction of sp³-hybridized carbons (Fsp3) is 0.417. The van der Waals surface area contributed by atoms with Crippen molar-refractivity contribution in [3.8, 4) is 11.1 Å². The van der Waals surface area contributed by atoms with Gasteiger partial charge in [0.1, 0.15) is 6.04 Å². The van der Waals surface area contributed by atoms with Crippen molar-refractivity contribution in [3.05, 3.63) is 89.0 Å². The summed E-state index contributed by atoms with van der Waals surface area (Å²) in [5.74, 6) is -0.800. The Bertz CT molecular complexity index is 1590. The van der Waals surface area contributed by atoms with Crippen molar-refractivity contribution in [2.45, 2.75) is 83.9 Å². The first-order chi connectivity index (χ1) is 22.7. The number of halogens is 3. The summed E-state index contributed by atoms with van der Waals surface area (Å²) in [4.78, 5) is 40.5. The van der Waals surface area contributed by atoms with Crippen molar-refractivity contribution in [2.24, 2.45) is 0 Å². The number of amides is 4. The van der Waals surface area contributed by atoms with Crippen LogP contribution in [0.25, 0.3) is 11.1 Å². The lowest BCUT2D eigenvalue weighted by Gasteiger charge is -2.29. The smallest absolute Gasteiger partial charge is 0.392 e. The molecule has 48 heavy (non-hydrogen) atoms. The summed E-state index contributed by atoms with van der Waals surface area (Å²) in [6, 6.07) is 17.4. The minimum Gasteiger partial charge on any atom is -0.392 e. The fourth-order valence-corrected chi connectivity index (χ4v) is 5.71. The largest absolute Gasteiger partial charge is 0.416 e. The molecule has 1 aliphatic rings. The van der Waals surface area contributed by atoms with Crippen molar-refractivity contribution in [3.63, 3.8) is 0 Å². The van der Waals surface area contributed by atoms with Gasteiger partial charge >= 0.3 is 12.2 Å². The molecular weight excluding hydrogens is 623 g/mol.